The van der Waals surface area contributed by atoms with E-state index in [4.69, 9.17) is 4.74 Å². The molecule has 0 spiro atoms. The summed E-state index contributed by atoms with van der Waals surface area (Å²) in [5.41, 5.74) is -0.497. The molecule has 18 heavy (non-hydrogen) atoms. The third-order valence-electron chi connectivity index (χ3n) is 3.00. The van der Waals surface area contributed by atoms with Gasteiger partial charge in [-0.05, 0) is 33.1 Å². The SMILES string of the molecule is CC(CNC(=O)OC(C)(C)C)C(=O)CCC1CC1. The Labute approximate surface area is 109 Å². The molecule has 1 aliphatic carbocycles. The van der Waals surface area contributed by atoms with Crippen molar-refractivity contribution in [3.63, 3.8) is 0 Å². The lowest BCUT2D eigenvalue weighted by Gasteiger charge is -2.20. The molecular formula is C14H25NO3. The molecule has 0 heterocycles. The molecule has 0 aromatic heterocycles. The molecule has 104 valence electrons. The fourth-order valence-electron chi connectivity index (χ4n) is 1.66. The maximum atomic E-state index is 11.8. The highest BCUT2D eigenvalue weighted by Gasteiger charge is 2.24. The highest BCUT2D eigenvalue weighted by atomic mass is 16.6. The van der Waals surface area contributed by atoms with Gasteiger partial charge in [-0.1, -0.05) is 19.8 Å². The zero-order valence-corrected chi connectivity index (χ0v) is 11.9. The first-order chi connectivity index (χ1) is 8.28. The predicted octanol–water partition coefficient (Wildman–Crippen LogP) is 2.91. The number of hydrogen-bond donors (Lipinski definition) is 1. The quantitative estimate of drug-likeness (QED) is 0.794. The minimum atomic E-state index is -0.497. The van der Waals surface area contributed by atoms with Gasteiger partial charge in [-0.25, -0.2) is 4.79 Å². The Morgan fingerprint density at radius 3 is 2.44 bits per heavy atom. The van der Waals surface area contributed by atoms with Crippen LogP contribution in [0.25, 0.3) is 0 Å². The van der Waals surface area contributed by atoms with E-state index in [1.807, 2.05) is 27.7 Å². The van der Waals surface area contributed by atoms with Crippen LogP contribution in [-0.4, -0.2) is 24.0 Å². The molecule has 1 amide bonds. The highest BCUT2D eigenvalue weighted by Crippen LogP contribution is 2.33. The van der Waals surface area contributed by atoms with Gasteiger partial charge in [-0.2, -0.15) is 0 Å². The smallest absolute Gasteiger partial charge is 0.407 e. The third kappa shape index (κ3) is 6.62. The second-order valence-corrected chi connectivity index (χ2v) is 6.23. The normalized spacial score (nSPS) is 17.1. The van der Waals surface area contributed by atoms with Gasteiger partial charge in [0.15, 0.2) is 0 Å². The van der Waals surface area contributed by atoms with Crippen LogP contribution < -0.4 is 5.32 Å². The first-order valence-corrected chi connectivity index (χ1v) is 6.77. The van der Waals surface area contributed by atoms with Gasteiger partial charge >= 0.3 is 6.09 Å². The van der Waals surface area contributed by atoms with E-state index in [0.717, 1.165) is 12.3 Å². The zero-order chi connectivity index (χ0) is 13.8. The molecule has 0 aromatic carbocycles. The van der Waals surface area contributed by atoms with Crippen LogP contribution in [0, 0.1) is 11.8 Å². The van der Waals surface area contributed by atoms with Crippen LogP contribution in [0.3, 0.4) is 0 Å². The van der Waals surface area contributed by atoms with Crippen LogP contribution in [0.4, 0.5) is 4.79 Å². The van der Waals surface area contributed by atoms with Gasteiger partial charge in [0.2, 0.25) is 0 Å². The fraction of sp³-hybridized carbons (Fsp3) is 0.857. The Balaban J connectivity index is 2.16. The summed E-state index contributed by atoms with van der Waals surface area (Å²) in [5.74, 6) is 0.884. The second-order valence-electron chi connectivity index (χ2n) is 6.23. The van der Waals surface area contributed by atoms with Gasteiger partial charge in [0.05, 0.1) is 0 Å². The predicted molar refractivity (Wildman–Crippen MR) is 70.4 cm³/mol. The molecule has 1 N–H and O–H groups in total. The van der Waals surface area contributed by atoms with Crippen molar-refractivity contribution in [1.29, 1.82) is 0 Å². The van der Waals surface area contributed by atoms with E-state index in [1.54, 1.807) is 0 Å². The van der Waals surface area contributed by atoms with E-state index >= 15 is 0 Å². The summed E-state index contributed by atoms with van der Waals surface area (Å²) in [7, 11) is 0. The number of carbonyl (C=O) groups is 2. The Hall–Kier alpha value is -1.06. The number of rotatable bonds is 6. The van der Waals surface area contributed by atoms with Crippen molar-refractivity contribution in [3.8, 4) is 0 Å². The summed E-state index contributed by atoms with van der Waals surface area (Å²) in [5, 5.41) is 2.64. The molecule has 0 saturated heterocycles. The molecule has 1 fully saturated rings. The molecule has 0 aromatic rings. The largest absolute Gasteiger partial charge is 0.444 e. The Kier molecular flexibility index (Phi) is 5.17. The third-order valence-corrected chi connectivity index (χ3v) is 3.00. The van der Waals surface area contributed by atoms with E-state index in [9.17, 15) is 9.59 Å². The summed E-state index contributed by atoms with van der Waals surface area (Å²) in [6.07, 6.45) is 3.75. The summed E-state index contributed by atoms with van der Waals surface area (Å²) in [4.78, 5) is 23.2. The monoisotopic (exact) mass is 255 g/mol. The standard InChI is InChI=1S/C14H25NO3/c1-10(12(16)8-7-11-5-6-11)9-15-13(17)18-14(2,3)4/h10-11H,5-9H2,1-4H3,(H,15,17). The van der Waals surface area contributed by atoms with E-state index in [-0.39, 0.29) is 11.7 Å². The van der Waals surface area contributed by atoms with Gasteiger partial charge in [-0.15, -0.1) is 0 Å². The number of ketones is 1. The van der Waals surface area contributed by atoms with Crippen LogP contribution >= 0.6 is 0 Å². The Morgan fingerprint density at radius 2 is 1.94 bits per heavy atom. The summed E-state index contributed by atoms with van der Waals surface area (Å²) >= 11 is 0. The molecule has 0 radical (unpaired) electrons. The molecule has 1 saturated carbocycles. The molecule has 4 heteroatoms. The first-order valence-electron chi connectivity index (χ1n) is 6.77. The topological polar surface area (TPSA) is 55.4 Å². The highest BCUT2D eigenvalue weighted by molar-refractivity contribution is 5.81. The van der Waals surface area contributed by atoms with E-state index in [1.165, 1.54) is 12.8 Å². The molecule has 1 atom stereocenters. The number of carbonyl (C=O) groups excluding carboxylic acids is 2. The van der Waals surface area contributed by atoms with Crippen LogP contribution in [0.5, 0.6) is 0 Å². The minimum absolute atomic E-state index is 0.128. The lowest BCUT2D eigenvalue weighted by atomic mass is 10.0. The maximum Gasteiger partial charge on any atom is 0.407 e. The maximum absolute atomic E-state index is 11.8. The zero-order valence-electron chi connectivity index (χ0n) is 11.9. The van der Waals surface area contributed by atoms with Crippen molar-refractivity contribution in [2.45, 2.75) is 59.0 Å². The first kappa shape index (κ1) is 15.0. The Bertz CT molecular complexity index is 303. The van der Waals surface area contributed by atoms with Crippen molar-refractivity contribution in [1.82, 2.24) is 5.32 Å². The van der Waals surface area contributed by atoms with Crippen LogP contribution in [-0.2, 0) is 9.53 Å². The number of ether oxygens (including phenoxy) is 1. The molecule has 0 aliphatic heterocycles. The van der Waals surface area contributed by atoms with E-state index in [0.29, 0.717) is 13.0 Å². The fourth-order valence-corrected chi connectivity index (χ4v) is 1.66. The lowest BCUT2D eigenvalue weighted by Crippen LogP contribution is -2.36. The molecule has 1 unspecified atom stereocenters. The van der Waals surface area contributed by atoms with E-state index < -0.39 is 11.7 Å². The van der Waals surface area contributed by atoms with Gasteiger partial charge in [0, 0.05) is 18.9 Å². The van der Waals surface area contributed by atoms with Crippen LogP contribution in [0.2, 0.25) is 0 Å². The summed E-state index contributed by atoms with van der Waals surface area (Å²) < 4.78 is 5.11. The van der Waals surface area contributed by atoms with Gasteiger partial charge < -0.3 is 10.1 Å². The van der Waals surface area contributed by atoms with Crippen molar-refractivity contribution in [3.05, 3.63) is 0 Å². The van der Waals surface area contributed by atoms with Crippen molar-refractivity contribution in [2.75, 3.05) is 6.54 Å². The van der Waals surface area contributed by atoms with Gasteiger partial charge in [0.25, 0.3) is 0 Å². The number of hydrogen-bond acceptors (Lipinski definition) is 3. The van der Waals surface area contributed by atoms with Crippen LogP contribution in [0.15, 0.2) is 0 Å². The van der Waals surface area contributed by atoms with Gasteiger partial charge in [0.1, 0.15) is 11.4 Å². The van der Waals surface area contributed by atoms with Gasteiger partial charge in [-0.3, -0.25) is 4.79 Å². The molecule has 1 aliphatic rings. The Morgan fingerprint density at radius 1 is 1.33 bits per heavy atom. The minimum Gasteiger partial charge on any atom is -0.444 e. The molecule has 1 rings (SSSR count). The van der Waals surface area contributed by atoms with E-state index in [2.05, 4.69) is 5.32 Å². The van der Waals surface area contributed by atoms with Crippen LogP contribution in [0.1, 0.15) is 53.4 Å². The average Bonchev–Trinajstić information content (AvgIpc) is 3.03. The van der Waals surface area contributed by atoms with Crippen molar-refractivity contribution < 1.29 is 14.3 Å². The van der Waals surface area contributed by atoms with Crippen molar-refractivity contribution in [2.24, 2.45) is 11.8 Å². The number of alkyl carbamates (subject to hydrolysis) is 1. The second kappa shape index (κ2) is 6.21. The van der Waals surface area contributed by atoms with Crippen molar-refractivity contribution >= 4 is 11.9 Å². The summed E-state index contributed by atoms with van der Waals surface area (Å²) in [6.45, 7) is 7.66. The molecule has 0 bridgehead atoms. The number of nitrogens with one attached hydrogen (secondary N) is 1. The number of amides is 1. The molecular weight excluding hydrogens is 230 g/mol. The average molecular weight is 255 g/mol. The lowest BCUT2D eigenvalue weighted by molar-refractivity contribution is -0.122. The molecule has 4 nitrogen and oxygen atoms in total. The number of Topliss-reactive ketones (excluding diaryl/α,β-unsaturated/α-hetero) is 1. The summed E-state index contributed by atoms with van der Waals surface area (Å²) in [6, 6.07) is 0.